The van der Waals surface area contributed by atoms with Gasteiger partial charge in [-0.25, -0.2) is 0 Å². The predicted molar refractivity (Wildman–Crippen MR) is 58.9 cm³/mol. The van der Waals surface area contributed by atoms with Gasteiger partial charge < -0.3 is 15.5 Å². The van der Waals surface area contributed by atoms with E-state index in [9.17, 15) is 0 Å². The Morgan fingerprint density at radius 2 is 2.27 bits per heavy atom. The molecule has 1 aliphatic rings. The van der Waals surface area contributed by atoms with Gasteiger partial charge in [0.15, 0.2) is 5.84 Å². The molecule has 15 heavy (non-hydrogen) atoms. The lowest BCUT2D eigenvalue weighted by Gasteiger charge is -2.13. The normalized spacial score (nSPS) is 18.5. The molecule has 4 nitrogen and oxygen atoms in total. The first kappa shape index (κ1) is 10.1. The highest BCUT2D eigenvalue weighted by atomic mass is 16.4. The molecule has 0 atom stereocenters. The molecule has 0 aliphatic heterocycles. The molecule has 1 heterocycles. The summed E-state index contributed by atoms with van der Waals surface area (Å²) in [6, 6.07) is 3.81. The Morgan fingerprint density at radius 3 is 2.93 bits per heavy atom. The first-order valence-corrected chi connectivity index (χ1v) is 5.44. The van der Waals surface area contributed by atoms with Crippen molar-refractivity contribution in [3.8, 4) is 0 Å². The fraction of sp³-hybridized carbons (Fsp3) is 0.545. The van der Waals surface area contributed by atoms with Gasteiger partial charge in [-0.1, -0.05) is 18.0 Å². The lowest BCUT2D eigenvalue weighted by atomic mass is 10.1. The first-order valence-electron chi connectivity index (χ1n) is 5.44. The second kappa shape index (κ2) is 4.38. The maximum Gasteiger partial charge on any atom is 0.186 e. The fourth-order valence-electron chi connectivity index (χ4n) is 2.33. The van der Waals surface area contributed by atoms with Crippen LogP contribution in [0.1, 0.15) is 31.4 Å². The van der Waals surface area contributed by atoms with Gasteiger partial charge in [0.05, 0.1) is 5.69 Å². The molecule has 0 radical (unpaired) electrons. The van der Waals surface area contributed by atoms with Gasteiger partial charge in [0.25, 0.3) is 0 Å². The number of nitrogens with two attached hydrogens (primary N) is 1. The maximum atomic E-state index is 8.64. The van der Waals surface area contributed by atoms with Crippen LogP contribution in [0.3, 0.4) is 0 Å². The third-order valence-corrected chi connectivity index (χ3v) is 3.13. The van der Waals surface area contributed by atoms with Crippen molar-refractivity contribution in [2.75, 3.05) is 0 Å². The highest BCUT2D eigenvalue weighted by Gasteiger charge is 2.16. The topological polar surface area (TPSA) is 63.5 Å². The second-order valence-electron chi connectivity index (χ2n) is 4.18. The van der Waals surface area contributed by atoms with E-state index in [1.807, 2.05) is 18.3 Å². The van der Waals surface area contributed by atoms with Gasteiger partial charge in [-0.05, 0) is 30.9 Å². The molecule has 1 fully saturated rings. The summed E-state index contributed by atoms with van der Waals surface area (Å²) in [5.41, 5.74) is 6.40. The van der Waals surface area contributed by atoms with Crippen molar-refractivity contribution < 1.29 is 5.21 Å². The molecule has 1 aromatic heterocycles. The molecule has 82 valence electrons. The zero-order valence-electron chi connectivity index (χ0n) is 8.76. The van der Waals surface area contributed by atoms with E-state index < -0.39 is 0 Å². The summed E-state index contributed by atoms with van der Waals surface area (Å²) in [7, 11) is 0. The molecular weight excluding hydrogens is 190 g/mol. The number of nitrogens with zero attached hydrogens (tertiary/aromatic N) is 2. The SMILES string of the molecule is N/C(=N/O)c1cccn1CC1CCCC1. The van der Waals surface area contributed by atoms with Crippen LogP contribution in [0, 0.1) is 5.92 Å². The molecule has 4 heteroatoms. The van der Waals surface area contributed by atoms with E-state index in [2.05, 4.69) is 9.72 Å². The van der Waals surface area contributed by atoms with Crippen LogP contribution in [-0.4, -0.2) is 15.6 Å². The van der Waals surface area contributed by atoms with E-state index in [4.69, 9.17) is 10.9 Å². The van der Waals surface area contributed by atoms with Crippen LogP contribution in [0.5, 0.6) is 0 Å². The largest absolute Gasteiger partial charge is 0.409 e. The van der Waals surface area contributed by atoms with E-state index in [1.54, 1.807) is 0 Å². The number of hydrogen-bond acceptors (Lipinski definition) is 2. The Morgan fingerprint density at radius 1 is 1.53 bits per heavy atom. The molecule has 0 saturated heterocycles. The maximum absolute atomic E-state index is 8.64. The summed E-state index contributed by atoms with van der Waals surface area (Å²) < 4.78 is 2.07. The molecule has 1 saturated carbocycles. The zero-order chi connectivity index (χ0) is 10.7. The minimum absolute atomic E-state index is 0.193. The van der Waals surface area contributed by atoms with Gasteiger partial charge in [-0.15, -0.1) is 0 Å². The van der Waals surface area contributed by atoms with Crippen LogP contribution in [0.2, 0.25) is 0 Å². The standard InChI is InChI=1S/C11H17N3O/c12-11(13-15)10-6-3-7-14(10)8-9-4-1-2-5-9/h3,6-7,9,15H,1-2,4-5,8H2,(H2,12,13). The predicted octanol–water partition coefficient (Wildman–Crippen LogP) is 1.77. The highest BCUT2D eigenvalue weighted by Crippen LogP contribution is 2.26. The van der Waals surface area contributed by atoms with E-state index in [0.717, 1.165) is 18.2 Å². The molecule has 1 aliphatic carbocycles. The van der Waals surface area contributed by atoms with Crippen molar-refractivity contribution in [1.29, 1.82) is 0 Å². The molecule has 0 spiro atoms. The zero-order valence-corrected chi connectivity index (χ0v) is 8.76. The molecule has 0 aromatic carbocycles. The lowest BCUT2D eigenvalue weighted by molar-refractivity contribution is 0.318. The summed E-state index contributed by atoms with van der Waals surface area (Å²) >= 11 is 0. The van der Waals surface area contributed by atoms with Crippen molar-refractivity contribution >= 4 is 5.84 Å². The number of hydrogen-bond donors (Lipinski definition) is 2. The third kappa shape index (κ3) is 2.14. The number of rotatable bonds is 3. The Balaban J connectivity index is 2.10. The van der Waals surface area contributed by atoms with Gasteiger partial charge in [-0.2, -0.15) is 0 Å². The van der Waals surface area contributed by atoms with Crippen LogP contribution >= 0.6 is 0 Å². The van der Waals surface area contributed by atoms with Crippen LogP contribution in [0.25, 0.3) is 0 Å². The van der Waals surface area contributed by atoms with E-state index in [1.165, 1.54) is 25.7 Å². The minimum Gasteiger partial charge on any atom is -0.409 e. The van der Waals surface area contributed by atoms with Gasteiger partial charge in [0.1, 0.15) is 0 Å². The molecule has 1 aromatic rings. The second-order valence-corrected chi connectivity index (χ2v) is 4.18. The van der Waals surface area contributed by atoms with Gasteiger partial charge >= 0.3 is 0 Å². The van der Waals surface area contributed by atoms with E-state index in [0.29, 0.717) is 0 Å². The van der Waals surface area contributed by atoms with Crippen molar-refractivity contribution in [2.45, 2.75) is 32.2 Å². The lowest BCUT2D eigenvalue weighted by Crippen LogP contribution is -2.20. The third-order valence-electron chi connectivity index (χ3n) is 3.13. The summed E-state index contributed by atoms with van der Waals surface area (Å²) in [5, 5.41) is 11.7. The molecule has 0 bridgehead atoms. The average Bonchev–Trinajstić information content (AvgIpc) is 2.88. The first-order chi connectivity index (χ1) is 7.31. The smallest absolute Gasteiger partial charge is 0.186 e. The molecular formula is C11H17N3O. The van der Waals surface area contributed by atoms with Crippen molar-refractivity contribution in [3.05, 3.63) is 24.0 Å². The van der Waals surface area contributed by atoms with Crippen LogP contribution < -0.4 is 5.73 Å². The Bertz CT molecular complexity index is 350. The Kier molecular flexibility index (Phi) is 2.94. The summed E-state index contributed by atoms with van der Waals surface area (Å²) in [5.74, 6) is 0.945. The average molecular weight is 207 g/mol. The van der Waals surface area contributed by atoms with Crippen LogP contribution in [0.15, 0.2) is 23.5 Å². The van der Waals surface area contributed by atoms with E-state index in [-0.39, 0.29) is 5.84 Å². The molecule has 2 rings (SSSR count). The van der Waals surface area contributed by atoms with Crippen molar-refractivity contribution in [3.63, 3.8) is 0 Å². The van der Waals surface area contributed by atoms with Gasteiger partial charge in [0, 0.05) is 12.7 Å². The quantitative estimate of drug-likeness (QED) is 0.343. The van der Waals surface area contributed by atoms with E-state index >= 15 is 0 Å². The van der Waals surface area contributed by atoms with Gasteiger partial charge in [-0.3, -0.25) is 0 Å². The molecule has 0 unspecified atom stereocenters. The number of amidine groups is 1. The summed E-state index contributed by atoms with van der Waals surface area (Å²) in [4.78, 5) is 0. The molecule has 0 amide bonds. The Labute approximate surface area is 89.4 Å². The molecule has 3 N–H and O–H groups in total. The van der Waals surface area contributed by atoms with Gasteiger partial charge in [0.2, 0.25) is 0 Å². The fourth-order valence-corrected chi connectivity index (χ4v) is 2.33. The van der Waals surface area contributed by atoms with Crippen LogP contribution in [0.4, 0.5) is 0 Å². The minimum atomic E-state index is 0.193. The number of oxime groups is 1. The Hall–Kier alpha value is -1.45. The van der Waals surface area contributed by atoms with Crippen molar-refractivity contribution in [1.82, 2.24) is 4.57 Å². The summed E-state index contributed by atoms with van der Waals surface area (Å²) in [6.45, 7) is 0.985. The van der Waals surface area contributed by atoms with Crippen molar-refractivity contribution in [2.24, 2.45) is 16.8 Å². The van der Waals surface area contributed by atoms with Crippen LogP contribution in [-0.2, 0) is 6.54 Å². The monoisotopic (exact) mass is 207 g/mol. The number of aromatic nitrogens is 1. The summed E-state index contributed by atoms with van der Waals surface area (Å²) in [6.07, 6.45) is 7.27. The highest BCUT2D eigenvalue weighted by molar-refractivity contribution is 5.95.